The molecule has 0 bridgehead atoms. The Labute approximate surface area is 173 Å². The molecule has 1 fully saturated rings. The van der Waals surface area contributed by atoms with Crippen molar-refractivity contribution >= 4 is 17.5 Å². The summed E-state index contributed by atoms with van der Waals surface area (Å²) < 4.78 is 35.3. The zero-order valence-corrected chi connectivity index (χ0v) is 16.6. The van der Waals surface area contributed by atoms with Crippen LogP contribution in [0.1, 0.15) is 11.1 Å². The lowest BCUT2D eigenvalue weighted by atomic mass is 10.0. The molecule has 0 unspecified atom stereocenters. The smallest absolute Gasteiger partial charge is 0.228 e. The molecule has 8 heteroatoms. The SMILES string of the molecule is Cc1ccc(F)c(-c2nc(N3CCOCC3)nc3c2CCN3c2ccncc2)c1F. The molecule has 5 rings (SSSR count). The molecule has 2 aromatic heterocycles. The van der Waals surface area contributed by atoms with Gasteiger partial charge in [0.2, 0.25) is 5.95 Å². The summed E-state index contributed by atoms with van der Waals surface area (Å²) in [5.41, 5.74) is 2.32. The maximum atomic E-state index is 15.1. The Hall–Kier alpha value is -3.13. The fourth-order valence-electron chi connectivity index (χ4n) is 4.00. The Morgan fingerprint density at radius 1 is 0.967 bits per heavy atom. The van der Waals surface area contributed by atoms with Crippen LogP contribution < -0.4 is 9.80 Å². The summed E-state index contributed by atoms with van der Waals surface area (Å²) in [5.74, 6) is -0.0400. The molecule has 2 aliphatic heterocycles. The van der Waals surface area contributed by atoms with E-state index in [1.807, 2.05) is 17.0 Å². The van der Waals surface area contributed by atoms with Crippen LogP contribution in [0.2, 0.25) is 0 Å². The molecule has 0 amide bonds. The lowest BCUT2D eigenvalue weighted by Gasteiger charge is -2.28. The number of aromatic nitrogens is 3. The first kappa shape index (κ1) is 18.9. The second kappa shape index (κ2) is 7.60. The number of fused-ring (bicyclic) bond motifs is 1. The monoisotopic (exact) mass is 409 g/mol. The highest BCUT2D eigenvalue weighted by atomic mass is 19.1. The maximum Gasteiger partial charge on any atom is 0.228 e. The Kier molecular flexibility index (Phi) is 4.78. The van der Waals surface area contributed by atoms with Gasteiger partial charge in [0.1, 0.15) is 17.5 Å². The van der Waals surface area contributed by atoms with Gasteiger partial charge >= 0.3 is 0 Å². The van der Waals surface area contributed by atoms with Crippen LogP contribution in [-0.4, -0.2) is 47.8 Å². The van der Waals surface area contributed by atoms with Crippen LogP contribution in [0.5, 0.6) is 0 Å². The molecule has 30 heavy (non-hydrogen) atoms. The summed E-state index contributed by atoms with van der Waals surface area (Å²) in [6.45, 7) is 4.68. The number of anilines is 3. The second-order valence-electron chi connectivity index (χ2n) is 7.43. The first-order valence-electron chi connectivity index (χ1n) is 9.99. The van der Waals surface area contributed by atoms with Crippen molar-refractivity contribution in [1.29, 1.82) is 0 Å². The number of rotatable bonds is 3. The van der Waals surface area contributed by atoms with Gasteiger partial charge in [-0.2, -0.15) is 4.98 Å². The number of pyridine rings is 1. The van der Waals surface area contributed by atoms with Gasteiger partial charge in [-0.15, -0.1) is 0 Å². The van der Waals surface area contributed by atoms with Crippen LogP contribution in [0.15, 0.2) is 36.7 Å². The predicted octanol–water partition coefficient (Wildman–Crippen LogP) is 3.66. The predicted molar refractivity (Wildman–Crippen MR) is 110 cm³/mol. The first-order valence-corrected chi connectivity index (χ1v) is 9.99. The number of hydrogen-bond acceptors (Lipinski definition) is 6. The van der Waals surface area contributed by atoms with Crippen molar-refractivity contribution in [3.8, 4) is 11.3 Å². The molecule has 0 atom stereocenters. The largest absolute Gasteiger partial charge is 0.378 e. The summed E-state index contributed by atoms with van der Waals surface area (Å²) in [7, 11) is 0. The molecule has 2 aliphatic rings. The fourth-order valence-corrected chi connectivity index (χ4v) is 4.00. The molecule has 0 N–H and O–H groups in total. The van der Waals surface area contributed by atoms with E-state index in [1.165, 1.54) is 12.1 Å². The van der Waals surface area contributed by atoms with E-state index in [4.69, 9.17) is 9.72 Å². The number of aryl methyl sites for hydroxylation is 1. The Bertz CT molecular complexity index is 1090. The number of benzene rings is 1. The van der Waals surface area contributed by atoms with Gasteiger partial charge in [-0.3, -0.25) is 4.98 Å². The van der Waals surface area contributed by atoms with Crippen LogP contribution >= 0.6 is 0 Å². The van der Waals surface area contributed by atoms with Gasteiger partial charge in [-0.1, -0.05) is 6.07 Å². The highest BCUT2D eigenvalue weighted by Crippen LogP contribution is 2.40. The van der Waals surface area contributed by atoms with Gasteiger partial charge in [0.15, 0.2) is 0 Å². The van der Waals surface area contributed by atoms with Crippen molar-refractivity contribution in [2.45, 2.75) is 13.3 Å². The van der Waals surface area contributed by atoms with Crippen molar-refractivity contribution in [1.82, 2.24) is 15.0 Å². The van der Waals surface area contributed by atoms with Crippen molar-refractivity contribution in [3.05, 3.63) is 59.4 Å². The zero-order valence-electron chi connectivity index (χ0n) is 16.6. The molecule has 1 saturated heterocycles. The minimum Gasteiger partial charge on any atom is -0.378 e. The Morgan fingerprint density at radius 3 is 2.50 bits per heavy atom. The summed E-state index contributed by atoms with van der Waals surface area (Å²) >= 11 is 0. The molecule has 4 heterocycles. The average molecular weight is 409 g/mol. The molecular formula is C22H21F2N5O. The first-order chi connectivity index (χ1) is 14.6. The summed E-state index contributed by atoms with van der Waals surface area (Å²) in [4.78, 5) is 17.6. The summed E-state index contributed by atoms with van der Waals surface area (Å²) in [5, 5.41) is 0. The van der Waals surface area contributed by atoms with E-state index in [9.17, 15) is 4.39 Å². The standard InChI is InChI=1S/C22H21F2N5O/c1-14-2-3-17(23)18(19(14)24)20-16-6-9-29(15-4-7-25-8-5-15)21(16)27-22(26-20)28-10-12-30-13-11-28/h2-5,7-8H,6,9-13H2,1H3. The lowest BCUT2D eigenvalue weighted by molar-refractivity contribution is 0.122. The van der Waals surface area contributed by atoms with E-state index in [1.54, 1.807) is 19.3 Å². The van der Waals surface area contributed by atoms with E-state index in [2.05, 4.69) is 14.9 Å². The minimum atomic E-state index is -0.616. The van der Waals surface area contributed by atoms with Gasteiger partial charge in [0.25, 0.3) is 0 Å². The van der Waals surface area contributed by atoms with Crippen LogP contribution in [0.25, 0.3) is 11.3 Å². The van der Waals surface area contributed by atoms with Crippen LogP contribution in [-0.2, 0) is 11.2 Å². The van der Waals surface area contributed by atoms with Crippen molar-refractivity contribution in [2.75, 3.05) is 42.6 Å². The van der Waals surface area contributed by atoms with Crippen LogP contribution in [0, 0.1) is 18.6 Å². The van der Waals surface area contributed by atoms with Crippen LogP contribution in [0.3, 0.4) is 0 Å². The minimum absolute atomic E-state index is 0.0836. The third kappa shape index (κ3) is 3.17. The highest BCUT2D eigenvalue weighted by Gasteiger charge is 2.31. The topological polar surface area (TPSA) is 54.4 Å². The van der Waals surface area contributed by atoms with Crippen LogP contribution in [0.4, 0.5) is 26.2 Å². The van der Waals surface area contributed by atoms with Crippen molar-refractivity contribution < 1.29 is 13.5 Å². The number of ether oxygens (including phenoxy) is 1. The second-order valence-corrected chi connectivity index (χ2v) is 7.43. The summed E-state index contributed by atoms with van der Waals surface area (Å²) in [6, 6.07) is 6.55. The number of halogens is 2. The maximum absolute atomic E-state index is 15.1. The quantitative estimate of drug-likeness (QED) is 0.658. The zero-order chi connectivity index (χ0) is 20.7. The Balaban J connectivity index is 1.71. The van der Waals surface area contributed by atoms with Gasteiger partial charge in [0, 0.05) is 43.3 Å². The van der Waals surface area contributed by atoms with Gasteiger partial charge < -0.3 is 14.5 Å². The molecule has 0 aliphatic carbocycles. The van der Waals surface area contributed by atoms with E-state index < -0.39 is 11.6 Å². The molecule has 154 valence electrons. The summed E-state index contributed by atoms with van der Waals surface area (Å²) in [6.07, 6.45) is 4.04. The number of nitrogens with zero attached hydrogens (tertiary/aromatic N) is 5. The fraction of sp³-hybridized carbons (Fsp3) is 0.318. The molecule has 3 aromatic rings. The number of hydrogen-bond donors (Lipinski definition) is 0. The lowest BCUT2D eigenvalue weighted by Crippen LogP contribution is -2.37. The van der Waals surface area contributed by atoms with Gasteiger partial charge in [-0.25, -0.2) is 13.8 Å². The highest BCUT2D eigenvalue weighted by molar-refractivity contribution is 5.77. The van der Waals surface area contributed by atoms with E-state index in [0.717, 1.165) is 11.3 Å². The molecular weight excluding hydrogens is 388 g/mol. The third-order valence-corrected chi connectivity index (χ3v) is 5.60. The number of morpholine rings is 1. The van der Waals surface area contributed by atoms with Crippen molar-refractivity contribution in [3.63, 3.8) is 0 Å². The molecule has 1 aromatic carbocycles. The van der Waals surface area contributed by atoms with E-state index in [-0.39, 0.29) is 5.56 Å². The average Bonchev–Trinajstić information content (AvgIpc) is 3.22. The molecule has 0 radical (unpaired) electrons. The normalized spacial score (nSPS) is 16.1. The molecule has 0 spiro atoms. The Morgan fingerprint density at radius 2 is 1.73 bits per heavy atom. The molecule has 0 saturated carbocycles. The van der Waals surface area contributed by atoms with Gasteiger partial charge in [-0.05, 0) is 37.1 Å². The molecule has 6 nitrogen and oxygen atoms in total. The third-order valence-electron chi connectivity index (χ3n) is 5.60. The van der Waals surface area contributed by atoms with E-state index in [0.29, 0.717) is 62.3 Å². The van der Waals surface area contributed by atoms with E-state index >= 15 is 4.39 Å². The van der Waals surface area contributed by atoms with Gasteiger partial charge in [0.05, 0.1) is 24.5 Å². The van der Waals surface area contributed by atoms with Crippen molar-refractivity contribution in [2.24, 2.45) is 0 Å².